The van der Waals surface area contributed by atoms with Crippen LogP contribution in [0.4, 0.5) is 11.4 Å². The van der Waals surface area contributed by atoms with E-state index in [1.165, 1.54) is 4.90 Å². The van der Waals surface area contributed by atoms with E-state index in [1.54, 1.807) is 12.1 Å². The highest BCUT2D eigenvalue weighted by atomic mass is 16.5. The highest BCUT2D eigenvalue weighted by Crippen LogP contribution is 2.34. The normalized spacial score (nSPS) is 26.8. The number of nitrogens with zero attached hydrogens (tertiary/aromatic N) is 1. The number of fused-ring (bicyclic) bond motifs is 2. The van der Waals surface area contributed by atoms with Crippen LogP contribution in [0.25, 0.3) is 0 Å². The van der Waals surface area contributed by atoms with E-state index in [9.17, 15) is 9.59 Å². The first-order valence-corrected chi connectivity index (χ1v) is 5.97. The molecule has 2 unspecified atom stereocenters. The maximum atomic E-state index is 12.2. The predicted molar refractivity (Wildman–Crippen MR) is 66.0 cm³/mol. The van der Waals surface area contributed by atoms with Gasteiger partial charge in [0, 0.05) is 0 Å². The molecule has 1 aromatic rings. The maximum absolute atomic E-state index is 12.2. The van der Waals surface area contributed by atoms with Crippen LogP contribution in [-0.2, 0) is 14.3 Å². The van der Waals surface area contributed by atoms with Gasteiger partial charge in [-0.3, -0.25) is 9.59 Å². The molecule has 3 rings (SSSR count). The van der Waals surface area contributed by atoms with Crippen LogP contribution in [0.1, 0.15) is 18.4 Å². The molecule has 0 aliphatic carbocycles. The number of hydrogen-bond donors (Lipinski definition) is 1. The van der Waals surface area contributed by atoms with E-state index >= 15 is 0 Å². The van der Waals surface area contributed by atoms with Crippen molar-refractivity contribution >= 4 is 23.2 Å². The first kappa shape index (κ1) is 11.2. The summed E-state index contributed by atoms with van der Waals surface area (Å²) in [5.41, 5.74) is 7.74. The van der Waals surface area contributed by atoms with Crippen molar-refractivity contribution < 1.29 is 14.3 Å². The quantitative estimate of drug-likeness (QED) is 0.592. The van der Waals surface area contributed by atoms with Crippen LogP contribution in [0.15, 0.2) is 18.2 Å². The molecule has 5 heteroatoms. The topological polar surface area (TPSA) is 72.6 Å². The fraction of sp³-hybridized carbons (Fsp3) is 0.385. The van der Waals surface area contributed by atoms with Crippen LogP contribution < -0.4 is 10.6 Å². The molecule has 2 bridgehead atoms. The molecule has 2 amide bonds. The Morgan fingerprint density at radius 1 is 1.22 bits per heavy atom. The van der Waals surface area contributed by atoms with Crippen molar-refractivity contribution in [3.05, 3.63) is 23.8 Å². The van der Waals surface area contributed by atoms with E-state index in [1.807, 2.05) is 13.0 Å². The fourth-order valence-electron chi connectivity index (χ4n) is 2.48. The van der Waals surface area contributed by atoms with Crippen molar-refractivity contribution in [2.45, 2.75) is 32.0 Å². The van der Waals surface area contributed by atoms with Crippen LogP contribution in [0.3, 0.4) is 0 Å². The van der Waals surface area contributed by atoms with E-state index < -0.39 is 12.2 Å². The van der Waals surface area contributed by atoms with Gasteiger partial charge in [-0.2, -0.15) is 0 Å². The van der Waals surface area contributed by atoms with Crippen LogP contribution in [-0.4, -0.2) is 24.0 Å². The molecule has 5 nitrogen and oxygen atoms in total. The lowest BCUT2D eigenvalue weighted by molar-refractivity contribution is -0.146. The third kappa shape index (κ3) is 1.51. The minimum absolute atomic E-state index is 0.300. The molecule has 18 heavy (non-hydrogen) atoms. The second-order valence-corrected chi connectivity index (χ2v) is 4.76. The SMILES string of the molecule is Cc1ccc(N)c(N2C(=O)C3CCC(O3)C2=O)c1. The fourth-order valence-corrected chi connectivity index (χ4v) is 2.48. The molecule has 2 saturated heterocycles. The number of nitrogens with two attached hydrogens (primary N) is 1. The molecule has 2 N–H and O–H groups in total. The largest absolute Gasteiger partial charge is 0.397 e. The zero-order valence-electron chi connectivity index (χ0n) is 10.1. The predicted octanol–water partition coefficient (Wildman–Crippen LogP) is 0.998. The second-order valence-electron chi connectivity index (χ2n) is 4.76. The Balaban J connectivity index is 2.07. The Labute approximate surface area is 105 Å². The smallest absolute Gasteiger partial charge is 0.263 e. The third-order valence-electron chi connectivity index (χ3n) is 3.44. The number of benzene rings is 1. The molecule has 2 heterocycles. The van der Waals surface area contributed by atoms with Gasteiger partial charge in [0.05, 0.1) is 11.4 Å². The van der Waals surface area contributed by atoms with E-state index in [0.717, 1.165) is 5.56 Å². The second kappa shape index (κ2) is 3.81. The van der Waals surface area contributed by atoms with E-state index in [-0.39, 0.29) is 11.8 Å². The average molecular weight is 246 g/mol. The number of hydrogen-bond acceptors (Lipinski definition) is 4. The van der Waals surface area contributed by atoms with Gasteiger partial charge in [0.15, 0.2) is 0 Å². The van der Waals surface area contributed by atoms with Gasteiger partial charge in [-0.1, -0.05) is 6.07 Å². The summed E-state index contributed by atoms with van der Waals surface area (Å²) in [7, 11) is 0. The van der Waals surface area contributed by atoms with Crippen LogP contribution in [0.2, 0.25) is 0 Å². The number of carbonyl (C=O) groups is 2. The lowest BCUT2D eigenvalue weighted by Crippen LogP contribution is -2.52. The molecule has 94 valence electrons. The zero-order chi connectivity index (χ0) is 12.9. The van der Waals surface area contributed by atoms with Crippen molar-refractivity contribution in [3.8, 4) is 0 Å². The van der Waals surface area contributed by atoms with Crippen molar-refractivity contribution in [1.29, 1.82) is 0 Å². The van der Waals surface area contributed by atoms with Crippen molar-refractivity contribution in [1.82, 2.24) is 0 Å². The number of imide groups is 1. The van der Waals surface area contributed by atoms with Gasteiger partial charge in [-0.05, 0) is 37.5 Å². The Hall–Kier alpha value is -1.88. The number of amides is 2. The maximum Gasteiger partial charge on any atom is 0.263 e. The summed E-state index contributed by atoms with van der Waals surface area (Å²) in [4.78, 5) is 25.6. The van der Waals surface area contributed by atoms with Crippen molar-refractivity contribution in [3.63, 3.8) is 0 Å². The minimum atomic E-state index is -0.493. The van der Waals surface area contributed by atoms with E-state index in [0.29, 0.717) is 24.2 Å². The Morgan fingerprint density at radius 2 is 1.83 bits per heavy atom. The Bertz CT molecular complexity index is 519. The van der Waals surface area contributed by atoms with E-state index in [2.05, 4.69) is 0 Å². The summed E-state index contributed by atoms with van der Waals surface area (Å²) < 4.78 is 5.36. The zero-order valence-corrected chi connectivity index (χ0v) is 10.1. The van der Waals surface area contributed by atoms with Gasteiger partial charge in [-0.15, -0.1) is 0 Å². The molecule has 0 spiro atoms. The number of carbonyl (C=O) groups excluding carboxylic acids is 2. The molecule has 2 atom stereocenters. The summed E-state index contributed by atoms with van der Waals surface area (Å²) in [6.45, 7) is 1.90. The van der Waals surface area contributed by atoms with Crippen LogP contribution >= 0.6 is 0 Å². The Kier molecular flexibility index (Phi) is 2.38. The number of ether oxygens (including phenoxy) is 1. The van der Waals surface area contributed by atoms with Crippen LogP contribution in [0, 0.1) is 6.92 Å². The molecule has 1 aromatic carbocycles. The third-order valence-corrected chi connectivity index (χ3v) is 3.44. The average Bonchev–Trinajstić information content (AvgIpc) is 2.78. The van der Waals surface area contributed by atoms with Gasteiger partial charge >= 0.3 is 0 Å². The Morgan fingerprint density at radius 3 is 2.44 bits per heavy atom. The molecule has 2 aliphatic heterocycles. The first-order chi connectivity index (χ1) is 8.58. The molecular formula is C13H14N2O3. The van der Waals surface area contributed by atoms with Gasteiger partial charge in [-0.25, -0.2) is 4.90 Å². The summed E-state index contributed by atoms with van der Waals surface area (Å²) in [5, 5.41) is 0. The lowest BCUT2D eigenvalue weighted by Gasteiger charge is -2.30. The molecular weight excluding hydrogens is 232 g/mol. The molecule has 0 saturated carbocycles. The summed E-state index contributed by atoms with van der Waals surface area (Å²) in [6, 6.07) is 5.32. The number of morpholine rings is 1. The highest BCUT2D eigenvalue weighted by Gasteiger charge is 2.47. The number of rotatable bonds is 1. The summed E-state index contributed by atoms with van der Waals surface area (Å²) >= 11 is 0. The van der Waals surface area contributed by atoms with Crippen molar-refractivity contribution in [2.75, 3.05) is 10.6 Å². The van der Waals surface area contributed by atoms with Gasteiger partial charge in [0.25, 0.3) is 11.8 Å². The summed E-state index contributed by atoms with van der Waals surface area (Å²) in [6.07, 6.45) is 0.231. The molecule has 2 fully saturated rings. The molecule has 0 aromatic heterocycles. The lowest BCUT2D eigenvalue weighted by atomic mass is 10.1. The number of nitrogen functional groups attached to an aromatic ring is 1. The van der Waals surface area contributed by atoms with Crippen LogP contribution in [0.5, 0.6) is 0 Å². The monoisotopic (exact) mass is 246 g/mol. The highest BCUT2D eigenvalue weighted by molar-refractivity contribution is 6.21. The van der Waals surface area contributed by atoms with Gasteiger partial charge < -0.3 is 10.5 Å². The number of anilines is 2. The number of aryl methyl sites for hydroxylation is 1. The standard InChI is InChI=1S/C13H14N2O3/c1-7-2-3-8(14)9(6-7)15-12(16)10-4-5-11(18-10)13(15)17/h2-3,6,10-11H,4-5,14H2,1H3. The first-order valence-electron chi connectivity index (χ1n) is 5.97. The van der Waals surface area contributed by atoms with Gasteiger partial charge in [0.2, 0.25) is 0 Å². The molecule has 0 radical (unpaired) electrons. The van der Waals surface area contributed by atoms with Gasteiger partial charge in [0.1, 0.15) is 12.2 Å². The van der Waals surface area contributed by atoms with E-state index in [4.69, 9.17) is 10.5 Å². The summed E-state index contributed by atoms with van der Waals surface area (Å²) in [5.74, 6) is -0.600. The molecule has 2 aliphatic rings. The van der Waals surface area contributed by atoms with Crippen molar-refractivity contribution in [2.24, 2.45) is 0 Å². The minimum Gasteiger partial charge on any atom is -0.397 e.